The number of aliphatic carboxylic acids is 2. The largest absolute Gasteiger partial charge is 0.490 e. The topological polar surface area (TPSA) is 89.9 Å². The van der Waals surface area contributed by atoms with E-state index in [-0.39, 0.29) is 0 Å². The summed E-state index contributed by atoms with van der Waals surface area (Å²) in [7, 11) is 2.13. The molecule has 3 rings (SSSR count). The Morgan fingerprint density at radius 2 is 1.29 bits per heavy atom. The van der Waals surface area contributed by atoms with Gasteiger partial charge < -0.3 is 20.4 Å². The molecular formula is C27H26Cl2F6N2O4S. The fourth-order valence-electron chi connectivity index (χ4n) is 2.92. The molecule has 0 unspecified atom stereocenters. The van der Waals surface area contributed by atoms with E-state index >= 15 is 0 Å². The molecule has 42 heavy (non-hydrogen) atoms. The zero-order valence-electron chi connectivity index (χ0n) is 21.8. The molecule has 0 bridgehead atoms. The number of carboxylic acid groups (broad SMARTS) is 2. The van der Waals surface area contributed by atoms with E-state index in [1.807, 2.05) is 30.3 Å². The highest BCUT2D eigenvalue weighted by Crippen LogP contribution is 2.39. The van der Waals surface area contributed by atoms with Crippen LogP contribution in [0.2, 0.25) is 10.0 Å². The number of carbonyl (C=O) groups is 2. The lowest BCUT2D eigenvalue weighted by molar-refractivity contribution is -0.193. The normalized spacial score (nSPS) is 11.0. The van der Waals surface area contributed by atoms with Crippen molar-refractivity contribution in [3.63, 3.8) is 0 Å². The van der Waals surface area contributed by atoms with E-state index in [0.29, 0.717) is 10.0 Å². The van der Waals surface area contributed by atoms with Crippen LogP contribution in [0.4, 0.5) is 32.0 Å². The van der Waals surface area contributed by atoms with Gasteiger partial charge in [-0.05, 0) is 48.9 Å². The minimum Gasteiger partial charge on any atom is -0.475 e. The third-order valence-electron chi connectivity index (χ3n) is 4.95. The van der Waals surface area contributed by atoms with E-state index in [4.69, 9.17) is 43.0 Å². The lowest BCUT2D eigenvalue weighted by Crippen LogP contribution is -2.23. The first-order valence-corrected chi connectivity index (χ1v) is 13.4. The molecule has 230 valence electrons. The highest BCUT2D eigenvalue weighted by molar-refractivity contribution is 7.99. The second kappa shape index (κ2) is 17.7. The fourth-order valence-corrected chi connectivity index (χ4v) is 4.51. The highest BCUT2D eigenvalue weighted by atomic mass is 35.5. The number of benzene rings is 3. The molecular weight excluding hydrogens is 633 g/mol. The predicted molar refractivity (Wildman–Crippen MR) is 150 cm³/mol. The molecule has 0 aliphatic carbocycles. The molecule has 0 atom stereocenters. The van der Waals surface area contributed by atoms with Crippen LogP contribution in [0.5, 0.6) is 0 Å². The number of nitrogens with one attached hydrogen (secondary N) is 1. The maximum Gasteiger partial charge on any atom is 0.490 e. The van der Waals surface area contributed by atoms with Gasteiger partial charge in [-0.1, -0.05) is 77.4 Å². The van der Waals surface area contributed by atoms with Crippen molar-refractivity contribution >= 4 is 52.6 Å². The summed E-state index contributed by atoms with van der Waals surface area (Å²) >= 11 is 14.3. The van der Waals surface area contributed by atoms with E-state index in [2.05, 4.69) is 59.7 Å². The van der Waals surface area contributed by atoms with Crippen LogP contribution in [-0.2, 0) is 16.1 Å². The molecule has 0 saturated heterocycles. The molecule has 0 heterocycles. The number of nitrogens with zero attached hydrogens (tertiary/aromatic N) is 1. The van der Waals surface area contributed by atoms with Gasteiger partial charge in [0.1, 0.15) is 0 Å². The molecule has 6 nitrogen and oxygen atoms in total. The van der Waals surface area contributed by atoms with Crippen molar-refractivity contribution in [1.82, 2.24) is 5.32 Å². The average Bonchev–Trinajstić information content (AvgIpc) is 2.91. The number of hydrogen-bond donors (Lipinski definition) is 3. The van der Waals surface area contributed by atoms with Crippen molar-refractivity contribution in [2.24, 2.45) is 0 Å². The Morgan fingerprint density at radius 1 is 0.810 bits per heavy atom. The summed E-state index contributed by atoms with van der Waals surface area (Å²) in [4.78, 5) is 22.2. The summed E-state index contributed by atoms with van der Waals surface area (Å²) in [6, 6.07) is 24.5. The van der Waals surface area contributed by atoms with Crippen LogP contribution in [0.15, 0.2) is 82.6 Å². The van der Waals surface area contributed by atoms with Gasteiger partial charge in [0.05, 0.1) is 10.0 Å². The van der Waals surface area contributed by atoms with Gasteiger partial charge in [0.25, 0.3) is 0 Å². The van der Waals surface area contributed by atoms with E-state index < -0.39 is 24.3 Å². The maximum atomic E-state index is 10.6. The molecule has 0 fully saturated rings. The van der Waals surface area contributed by atoms with Gasteiger partial charge in [0, 0.05) is 35.6 Å². The quantitative estimate of drug-likeness (QED) is 0.158. The second-order valence-corrected chi connectivity index (χ2v) is 10.0. The van der Waals surface area contributed by atoms with Crippen LogP contribution in [0.1, 0.15) is 12.0 Å². The van der Waals surface area contributed by atoms with Crippen molar-refractivity contribution in [3.05, 3.63) is 88.4 Å². The first-order chi connectivity index (χ1) is 19.5. The number of carboxylic acids is 2. The predicted octanol–water partition coefficient (Wildman–Crippen LogP) is 8.03. The molecule has 0 saturated carbocycles. The Kier molecular flexibility index (Phi) is 15.6. The van der Waals surface area contributed by atoms with Crippen LogP contribution in [-0.4, -0.2) is 54.6 Å². The smallest absolute Gasteiger partial charge is 0.475 e. The van der Waals surface area contributed by atoms with E-state index in [1.54, 1.807) is 11.8 Å². The number of anilines is 1. The molecule has 0 aliphatic heterocycles. The zero-order valence-corrected chi connectivity index (χ0v) is 24.2. The molecule has 0 amide bonds. The standard InChI is InChI=1S/C23H24Cl2N2S.2C2HF3O2/c1-27(19-10-3-2-4-11-19)16-8-15-26-17-18-9-5-6-14-22(18)28-23-20(24)12-7-13-21(23)25;2*3-2(4,5)1(6)7/h2-7,9-14,26H,8,15-17H2,1H3;2*(H,6,7). The molecule has 0 radical (unpaired) electrons. The van der Waals surface area contributed by atoms with Gasteiger partial charge in [0.2, 0.25) is 0 Å². The van der Waals surface area contributed by atoms with Crippen LogP contribution in [0, 0.1) is 0 Å². The minimum absolute atomic E-state index is 0.684. The fraction of sp³-hybridized carbons (Fsp3) is 0.259. The Hall–Kier alpha value is -3.13. The monoisotopic (exact) mass is 658 g/mol. The van der Waals surface area contributed by atoms with Gasteiger partial charge >= 0.3 is 24.3 Å². The Morgan fingerprint density at radius 3 is 1.79 bits per heavy atom. The Balaban J connectivity index is 0.000000522. The Bertz CT molecular complexity index is 1240. The molecule has 3 N–H and O–H groups in total. The molecule has 3 aromatic rings. The number of rotatable bonds is 9. The molecule has 3 aromatic carbocycles. The van der Waals surface area contributed by atoms with Crippen molar-refractivity contribution in [1.29, 1.82) is 0 Å². The summed E-state index contributed by atoms with van der Waals surface area (Å²) in [6.45, 7) is 2.80. The summed E-state index contributed by atoms with van der Waals surface area (Å²) in [5.41, 5.74) is 2.50. The lowest BCUT2D eigenvalue weighted by Gasteiger charge is -2.19. The van der Waals surface area contributed by atoms with Crippen molar-refractivity contribution in [2.45, 2.75) is 35.1 Å². The first-order valence-electron chi connectivity index (χ1n) is 11.8. The summed E-state index contributed by atoms with van der Waals surface area (Å²) in [6.07, 6.45) is -9.09. The summed E-state index contributed by atoms with van der Waals surface area (Å²) in [5.74, 6) is -5.51. The SMILES string of the molecule is CN(CCCNCc1ccccc1Sc1c(Cl)cccc1Cl)c1ccccc1.O=C(O)C(F)(F)F.O=C(O)C(F)(F)F. The van der Waals surface area contributed by atoms with E-state index in [0.717, 1.165) is 31.0 Å². The van der Waals surface area contributed by atoms with Crippen molar-refractivity contribution in [3.8, 4) is 0 Å². The van der Waals surface area contributed by atoms with E-state index in [1.165, 1.54) is 16.1 Å². The molecule has 0 aromatic heterocycles. The van der Waals surface area contributed by atoms with Gasteiger partial charge in [-0.15, -0.1) is 0 Å². The number of alkyl halides is 6. The molecule has 0 spiro atoms. The van der Waals surface area contributed by atoms with Crippen LogP contribution in [0.25, 0.3) is 0 Å². The zero-order chi connectivity index (χ0) is 31.9. The second-order valence-electron chi connectivity index (χ2n) is 8.15. The third kappa shape index (κ3) is 14.2. The van der Waals surface area contributed by atoms with Crippen LogP contribution < -0.4 is 10.2 Å². The van der Waals surface area contributed by atoms with E-state index in [9.17, 15) is 26.3 Å². The number of para-hydroxylation sites is 1. The first kappa shape index (κ1) is 36.9. The highest BCUT2D eigenvalue weighted by Gasteiger charge is 2.38. The molecule has 0 aliphatic rings. The van der Waals surface area contributed by atoms with Gasteiger partial charge in [-0.25, -0.2) is 9.59 Å². The van der Waals surface area contributed by atoms with Gasteiger partial charge in [-0.2, -0.15) is 26.3 Å². The Labute approximate surface area is 252 Å². The third-order valence-corrected chi connectivity index (χ3v) is 7.06. The van der Waals surface area contributed by atoms with Gasteiger partial charge in [0.15, 0.2) is 0 Å². The maximum absolute atomic E-state index is 10.6. The van der Waals surface area contributed by atoms with Crippen LogP contribution >= 0.6 is 35.0 Å². The number of hydrogen-bond acceptors (Lipinski definition) is 5. The summed E-state index contributed by atoms with van der Waals surface area (Å²) < 4.78 is 63.5. The average molecular weight is 659 g/mol. The number of halogens is 8. The summed E-state index contributed by atoms with van der Waals surface area (Å²) in [5, 5.41) is 19.2. The lowest BCUT2D eigenvalue weighted by atomic mass is 10.2. The van der Waals surface area contributed by atoms with Crippen molar-refractivity contribution < 1.29 is 46.1 Å². The van der Waals surface area contributed by atoms with Crippen LogP contribution in [0.3, 0.4) is 0 Å². The van der Waals surface area contributed by atoms with Crippen molar-refractivity contribution in [2.75, 3.05) is 25.0 Å². The minimum atomic E-state index is -5.08. The molecule has 15 heteroatoms. The van der Waals surface area contributed by atoms with Gasteiger partial charge in [-0.3, -0.25) is 0 Å².